The first-order valence-corrected chi connectivity index (χ1v) is 12.7. The summed E-state index contributed by atoms with van der Waals surface area (Å²) in [7, 11) is -4.03. The fraction of sp³-hybridized carbons (Fsp3) is 0.478. The Kier molecular flexibility index (Phi) is 6.85. The molecule has 1 fully saturated rings. The lowest BCUT2D eigenvalue weighted by Crippen LogP contribution is -2.44. The number of hydrogen-bond donors (Lipinski definition) is 2. The van der Waals surface area contributed by atoms with Gasteiger partial charge in [0.05, 0.1) is 12.5 Å². The molecule has 1 saturated heterocycles. The highest BCUT2D eigenvalue weighted by atomic mass is 32.2. The summed E-state index contributed by atoms with van der Waals surface area (Å²) in [5, 5.41) is 2.86. The van der Waals surface area contributed by atoms with E-state index in [2.05, 4.69) is 10.3 Å². The Balaban J connectivity index is 1.52. The zero-order valence-corrected chi connectivity index (χ0v) is 20.3. The average Bonchev–Trinajstić information content (AvgIpc) is 3.13. The lowest BCUT2D eigenvalue weighted by atomic mass is 9.98. The molecule has 0 spiro atoms. The second-order valence-corrected chi connectivity index (χ2v) is 10.2. The number of esters is 1. The highest BCUT2D eigenvalue weighted by molar-refractivity contribution is 7.89. The van der Waals surface area contributed by atoms with Gasteiger partial charge < -0.3 is 24.5 Å². The van der Waals surface area contributed by atoms with E-state index in [0.29, 0.717) is 54.6 Å². The zero-order valence-electron chi connectivity index (χ0n) is 19.5. The number of H-pyrrole nitrogens is 1. The molecule has 1 amide bonds. The molecule has 3 heterocycles. The van der Waals surface area contributed by atoms with Crippen LogP contribution in [0.4, 0.5) is 5.69 Å². The number of hydrogen-bond acceptors (Lipinski definition) is 7. The van der Waals surface area contributed by atoms with Gasteiger partial charge in [0.25, 0.3) is 0 Å². The van der Waals surface area contributed by atoms with Crippen LogP contribution in [-0.4, -0.2) is 62.5 Å². The number of sulfonamides is 1. The second-order valence-electron chi connectivity index (χ2n) is 8.35. The molecule has 34 heavy (non-hydrogen) atoms. The molecule has 10 nitrogen and oxygen atoms in total. The van der Waals surface area contributed by atoms with Crippen LogP contribution in [-0.2, 0) is 19.6 Å². The van der Waals surface area contributed by atoms with Gasteiger partial charge in [0, 0.05) is 36.2 Å². The number of nitrogens with zero attached hydrogens (tertiary/aromatic N) is 1. The maximum absolute atomic E-state index is 13.6. The van der Waals surface area contributed by atoms with Crippen molar-refractivity contribution in [2.45, 2.75) is 38.5 Å². The van der Waals surface area contributed by atoms with Crippen molar-refractivity contribution in [3.05, 3.63) is 35.2 Å². The molecule has 184 valence electrons. The highest BCUT2D eigenvalue weighted by Gasteiger charge is 2.38. The van der Waals surface area contributed by atoms with Crippen LogP contribution in [0.15, 0.2) is 23.1 Å². The van der Waals surface area contributed by atoms with Crippen LogP contribution in [0.5, 0.6) is 11.5 Å². The molecule has 2 aromatic rings. The van der Waals surface area contributed by atoms with Crippen molar-refractivity contribution in [1.29, 1.82) is 0 Å². The minimum Gasteiger partial charge on any atom is -0.486 e. The van der Waals surface area contributed by atoms with Crippen molar-refractivity contribution in [3.8, 4) is 11.5 Å². The number of amides is 1. The Labute approximate surface area is 198 Å². The number of fused-ring (bicyclic) bond motifs is 1. The smallest absolute Gasteiger partial charge is 0.341 e. The minimum absolute atomic E-state index is 0.0159. The van der Waals surface area contributed by atoms with Gasteiger partial charge in [0.2, 0.25) is 15.9 Å². The van der Waals surface area contributed by atoms with Crippen molar-refractivity contribution in [3.63, 3.8) is 0 Å². The Bertz CT molecular complexity index is 1210. The number of anilines is 1. The number of carbonyl (C=O) groups excluding carboxylic acids is 2. The summed E-state index contributed by atoms with van der Waals surface area (Å²) >= 11 is 0. The standard InChI is InChI=1S/C23H29N3O7S/c1-4-31-23(28)20-14(2)24-15(3)21(20)34(29,30)26-9-5-6-16(13-26)22(27)25-17-7-8-18-19(12-17)33-11-10-32-18/h7-8,12,16,24H,4-6,9-11,13H2,1-3H3,(H,25,27)/t16-/m1/s1. The van der Waals surface area contributed by atoms with Crippen LogP contribution in [0.25, 0.3) is 0 Å². The number of carbonyl (C=O) groups is 2. The third kappa shape index (κ3) is 4.62. The Morgan fingerprint density at radius 2 is 1.91 bits per heavy atom. The molecule has 1 aromatic carbocycles. The summed E-state index contributed by atoms with van der Waals surface area (Å²) in [4.78, 5) is 28.3. The van der Waals surface area contributed by atoms with E-state index in [1.54, 1.807) is 39.0 Å². The minimum atomic E-state index is -4.03. The van der Waals surface area contributed by atoms with Gasteiger partial charge in [-0.2, -0.15) is 4.31 Å². The molecule has 2 aliphatic heterocycles. The average molecular weight is 492 g/mol. The van der Waals surface area contributed by atoms with E-state index < -0.39 is 21.9 Å². The number of ether oxygens (including phenoxy) is 3. The van der Waals surface area contributed by atoms with Gasteiger partial charge in [-0.15, -0.1) is 0 Å². The second kappa shape index (κ2) is 9.67. The van der Waals surface area contributed by atoms with Crippen molar-refractivity contribution in [1.82, 2.24) is 9.29 Å². The maximum atomic E-state index is 13.6. The Morgan fingerprint density at radius 3 is 2.65 bits per heavy atom. The van der Waals surface area contributed by atoms with Crippen LogP contribution < -0.4 is 14.8 Å². The zero-order chi connectivity index (χ0) is 24.5. The van der Waals surface area contributed by atoms with Crippen LogP contribution in [0.3, 0.4) is 0 Å². The van der Waals surface area contributed by atoms with Crippen LogP contribution in [0.1, 0.15) is 41.5 Å². The van der Waals surface area contributed by atoms with Gasteiger partial charge in [-0.3, -0.25) is 4.79 Å². The fourth-order valence-electron chi connectivity index (χ4n) is 4.40. The van der Waals surface area contributed by atoms with E-state index in [1.807, 2.05) is 0 Å². The van der Waals surface area contributed by atoms with Gasteiger partial charge in [-0.1, -0.05) is 0 Å². The predicted molar refractivity (Wildman–Crippen MR) is 124 cm³/mol. The van der Waals surface area contributed by atoms with Crippen molar-refractivity contribution in [2.75, 3.05) is 38.2 Å². The topological polar surface area (TPSA) is 127 Å². The van der Waals surface area contributed by atoms with E-state index >= 15 is 0 Å². The summed E-state index contributed by atoms with van der Waals surface area (Å²) in [6.45, 7) is 6.24. The highest BCUT2D eigenvalue weighted by Crippen LogP contribution is 2.34. The van der Waals surface area contributed by atoms with Gasteiger partial charge in [0.15, 0.2) is 11.5 Å². The van der Waals surface area contributed by atoms with Gasteiger partial charge in [-0.25, -0.2) is 13.2 Å². The molecular weight excluding hydrogens is 462 g/mol. The number of aryl methyl sites for hydroxylation is 2. The monoisotopic (exact) mass is 491 g/mol. The number of piperidine rings is 1. The van der Waals surface area contributed by atoms with E-state index in [9.17, 15) is 18.0 Å². The summed E-state index contributed by atoms with van der Waals surface area (Å²) < 4.78 is 44.6. The van der Waals surface area contributed by atoms with E-state index in [-0.39, 0.29) is 36.1 Å². The predicted octanol–water partition coefficient (Wildman–Crippen LogP) is 2.62. The summed E-state index contributed by atoms with van der Waals surface area (Å²) in [6, 6.07) is 5.15. The molecule has 1 atom stereocenters. The van der Waals surface area contributed by atoms with Crippen molar-refractivity contribution < 1.29 is 32.2 Å². The molecule has 11 heteroatoms. The number of rotatable bonds is 6. The summed E-state index contributed by atoms with van der Waals surface area (Å²) in [5.74, 6) is -0.324. The van der Waals surface area contributed by atoms with Crippen LogP contribution in [0, 0.1) is 19.8 Å². The molecule has 0 bridgehead atoms. The largest absolute Gasteiger partial charge is 0.486 e. The number of nitrogens with one attached hydrogen (secondary N) is 2. The molecule has 1 aromatic heterocycles. The molecule has 0 aliphatic carbocycles. The Hall–Kier alpha value is -3.05. The molecule has 4 rings (SSSR count). The maximum Gasteiger partial charge on any atom is 0.341 e. The molecular formula is C23H29N3O7S. The van der Waals surface area contributed by atoms with Gasteiger partial charge in [0.1, 0.15) is 23.7 Å². The molecule has 2 aliphatic rings. The summed E-state index contributed by atoms with van der Waals surface area (Å²) in [5.41, 5.74) is 1.36. The summed E-state index contributed by atoms with van der Waals surface area (Å²) in [6.07, 6.45) is 1.08. The first-order chi connectivity index (χ1) is 16.2. The SMILES string of the molecule is CCOC(=O)c1c(C)[nH]c(C)c1S(=O)(=O)N1CCC[C@@H](C(=O)Nc2ccc3c(c2)OCCO3)C1. The number of benzene rings is 1. The lowest BCUT2D eigenvalue weighted by molar-refractivity contribution is -0.120. The van der Waals surface area contributed by atoms with Gasteiger partial charge in [-0.05, 0) is 45.7 Å². The van der Waals surface area contributed by atoms with Crippen LogP contribution in [0.2, 0.25) is 0 Å². The third-order valence-electron chi connectivity index (χ3n) is 5.96. The Morgan fingerprint density at radius 1 is 1.18 bits per heavy atom. The molecule has 0 unspecified atom stereocenters. The van der Waals surface area contributed by atoms with Crippen molar-refractivity contribution >= 4 is 27.6 Å². The number of aromatic amines is 1. The lowest BCUT2D eigenvalue weighted by Gasteiger charge is -2.31. The fourth-order valence-corrected chi connectivity index (χ4v) is 6.34. The first-order valence-electron chi connectivity index (χ1n) is 11.3. The molecule has 2 N–H and O–H groups in total. The molecule has 0 radical (unpaired) electrons. The van der Waals surface area contributed by atoms with E-state index in [0.717, 1.165) is 0 Å². The normalized spacial score (nSPS) is 18.4. The number of aromatic nitrogens is 1. The molecule has 0 saturated carbocycles. The van der Waals surface area contributed by atoms with Crippen molar-refractivity contribution in [2.24, 2.45) is 5.92 Å². The first kappa shape index (κ1) is 24.1. The van der Waals surface area contributed by atoms with E-state index in [1.165, 1.54) is 4.31 Å². The quantitative estimate of drug-likeness (QED) is 0.595. The van der Waals surface area contributed by atoms with Gasteiger partial charge >= 0.3 is 5.97 Å². The van der Waals surface area contributed by atoms with E-state index in [4.69, 9.17) is 14.2 Å². The van der Waals surface area contributed by atoms with Crippen LogP contribution >= 0.6 is 0 Å². The third-order valence-corrected chi connectivity index (χ3v) is 8.00.